The minimum absolute atomic E-state index is 0.225. The van der Waals surface area contributed by atoms with E-state index in [1.165, 1.54) is 0 Å². The Morgan fingerprint density at radius 1 is 0.958 bits per heavy atom. The van der Waals surface area contributed by atoms with Crippen molar-refractivity contribution in [3.63, 3.8) is 0 Å². The van der Waals surface area contributed by atoms with Gasteiger partial charge in [-0.3, -0.25) is 9.80 Å². The summed E-state index contributed by atoms with van der Waals surface area (Å²) in [6.07, 6.45) is 0. The second-order valence-corrected chi connectivity index (χ2v) is 5.89. The lowest BCUT2D eigenvalue weighted by molar-refractivity contribution is 0.0781. The van der Waals surface area contributed by atoms with Crippen molar-refractivity contribution in [2.45, 2.75) is 6.04 Å². The highest BCUT2D eigenvalue weighted by Crippen LogP contribution is 2.41. The van der Waals surface area contributed by atoms with Gasteiger partial charge in [-0.25, -0.2) is 0 Å². The summed E-state index contributed by atoms with van der Waals surface area (Å²) in [5, 5.41) is 0. The Morgan fingerprint density at radius 2 is 1.58 bits per heavy atom. The van der Waals surface area contributed by atoms with Crippen molar-refractivity contribution >= 4 is 0 Å². The minimum atomic E-state index is 0.225. The molecule has 7 nitrogen and oxygen atoms in total. The van der Waals surface area contributed by atoms with Gasteiger partial charge >= 0.3 is 0 Å². The molecule has 0 aromatic heterocycles. The number of rotatable bonds is 8. The predicted molar refractivity (Wildman–Crippen MR) is 95.0 cm³/mol. The van der Waals surface area contributed by atoms with Gasteiger partial charge in [-0.05, 0) is 17.7 Å². The van der Waals surface area contributed by atoms with Crippen LogP contribution in [0.5, 0.6) is 17.2 Å². The molecule has 4 N–H and O–H groups in total. The van der Waals surface area contributed by atoms with Gasteiger partial charge in [0.1, 0.15) is 0 Å². The Morgan fingerprint density at radius 3 is 2.08 bits per heavy atom. The highest BCUT2D eigenvalue weighted by Gasteiger charge is 2.29. The van der Waals surface area contributed by atoms with Crippen molar-refractivity contribution < 1.29 is 14.2 Å². The topological polar surface area (TPSA) is 86.2 Å². The molecular formula is C17H30N4O3. The zero-order valence-corrected chi connectivity index (χ0v) is 15.0. The number of benzene rings is 1. The molecule has 1 saturated heterocycles. The van der Waals surface area contributed by atoms with Crippen LogP contribution in [-0.2, 0) is 0 Å². The number of hydrogen-bond donors (Lipinski definition) is 2. The largest absolute Gasteiger partial charge is 0.493 e. The third-order valence-corrected chi connectivity index (χ3v) is 4.51. The molecule has 136 valence electrons. The molecule has 1 unspecified atom stereocenters. The van der Waals surface area contributed by atoms with Gasteiger partial charge in [-0.1, -0.05) is 0 Å². The average molecular weight is 338 g/mol. The molecule has 0 spiro atoms. The first-order valence-electron chi connectivity index (χ1n) is 8.34. The summed E-state index contributed by atoms with van der Waals surface area (Å²) in [4.78, 5) is 4.80. The third-order valence-electron chi connectivity index (χ3n) is 4.51. The smallest absolute Gasteiger partial charge is 0.203 e. The normalized spacial score (nSPS) is 19.3. The van der Waals surface area contributed by atoms with Crippen LogP contribution in [0.3, 0.4) is 0 Å². The molecule has 0 bridgehead atoms. The lowest BCUT2D eigenvalue weighted by Crippen LogP contribution is -2.50. The van der Waals surface area contributed by atoms with Crippen LogP contribution in [-0.4, -0.2) is 76.9 Å². The van der Waals surface area contributed by atoms with Gasteiger partial charge in [0.2, 0.25) is 5.75 Å². The summed E-state index contributed by atoms with van der Waals surface area (Å²) in [6, 6.07) is 4.28. The Bertz CT molecular complexity index is 502. The highest BCUT2D eigenvalue weighted by atomic mass is 16.5. The Hall–Kier alpha value is -1.54. The van der Waals surface area contributed by atoms with Crippen molar-refractivity contribution in [1.82, 2.24) is 9.80 Å². The maximum absolute atomic E-state index is 5.81. The Kier molecular flexibility index (Phi) is 7.11. The van der Waals surface area contributed by atoms with Gasteiger partial charge in [0.05, 0.1) is 21.3 Å². The molecule has 0 aliphatic carbocycles. The third kappa shape index (κ3) is 4.10. The minimum Gasteiger partial charge on any atom is -0.493 e. The number of methoxy groups -OCH3 is 3. The van der Waals surface area contributed by atoms with E-state index < -0.39 is 0 Å². The van der Waals surface area contributed by atoms with Crippen molar-refractivity contribution in [1.29, 1.82) is 0 Å². The SMILES string of the molecule is COc1cc(C2CN(CCN)CCN2CCN)cc(OC)c1OC. The lowest BCUT2D eigenvalue weighted by Gasteiger charge is -2.41. The van der Waals surface area contributed by atoms with Gasteiger partial charge in [0.15, 0.2) is 11.5 Å². The first-order valence-corrected chi connectivity index (χ1v) is 8.34. The number of nitrogens with two attached hydrogens (primary N) is 2. The molecule has 1 heterocycles. The van der Waals surface area contributed by atoms with Crippen LogP contribution in [0.4, 0.5) is 0 Å². The predicted octanol–water partition coefficient (Wildman–Crippen LogP) is 0.289. The summed E-state index contributed by atoms with van der Waals surface area (Å²) < 4.78 is 16.4. The fraction of sp³-hybridized carbons (Fsp3) is 0.647. The van der Waals surface area contributed by atoms with Crippen LogP contribution in [0.25, 0.3) is 0 Å². The summed E-state index contributed by atoms with van der Waals surface area (Å²) in [7, 11) is 4.89. The molecular weight excluding hydrogens is 308 g/mol. The van der Waals surface area contributed by atoms with E-state index >= 15 is 0 Å². The Labute approximate surface area is 144 Å². The number of nitrogens with zero attached hydrogens (tertiary/aromatic N) is 2. The van der Waals surface area contributed by atoms with E-state index in [1.807, 2.05) is 12.1 Å². The molecule has 1 aliphatic heterocycles. The standard InChI is InChI=1S/C17H30N4O3/c1-22-15-10-13(11-16(23-2)17(15)24-3)14-12-20(6-4-18)8-9-21(14)7-5-19/h10-11,14H,4-9,12,18-19H2,1-3H3. The summed E-state index contributed by atoms with van der Waals surface area (Å²) in [6.45, 7) is 5.96. The summed E-state index contributed by atoms with van der Waals surface area (Å²) >= 11 is 0. The summed E-state index contributed by atoms with van der Waals surface area (Å²) in [5.74, 6) is 1.97. The van der Waals surface area contributed by atoms with Gasteiger partial charge in [0, 0.05) is 51.9 Å². The Balaban J connectivity index is 2.36. The van der Waals surface area contributed by atoms with E-state index in [4.69, 9.17) is 25.7 Å². The van der Waals surface area contributed by atoms with E-state index in [0.717, 1.165) is 38.3 Å². The molecule has 7 heteroatoms. The van der Waals surface area contributed by atoms with Crippen molar-refractivity contribution in [2.75, 3.05) is 67.1 Å². The van der Waals surface area contributed by atoms with Crippen molar-refractivity contribution in [2.24, 2.45) is 11.5 Å². The molecule has 24 heavy (non-hydrogen) atoms. The number of hydrogen-bond acceptors (Lipinski definition) is 7. The van der Waals surface area contributed by atoms with Crippen LogP contribution in [0.1, 0.15) is 11.6 Å². The molecule has 0 amide bonds. The molecule has 1 fully saturated rings. The fourth-order valence-electron chi connectivity index (χ4n) is 3.31. The summed E-state index contributed by atoms with van der Waals surface area (Å²) in [5.41, 5.74) is 12.7. The van der Waals surface area contributed by atoms with Crippen molar-refractivity contribution in [3.8, 4) is 17.2 Å². The van der Waals surface area contributed by atoms with E-state index in [9.17, 15) is 0 Å². The van der Waals surface area contributed by atoms with Gasteiger partial charge in [-0.15, -0.1) is 0 Å². The van der Waals surface area contributed by atoms with Crippen LogP contribution in [0.2, 0.25) is 0 Å². The maximum atomic E-state index is 5.81. The average Bonchev–Trinajstić information content (AvgIpc) is 2.62. The molecule has 2 rings (SSSR count). The molecule has 1 atom stereocenters. The lowest BCUT2D eigenvalue weighted by atomic mass is 10.0. The van der Waals surface area contributed by atoms with Gasteiger partial charge < -0.3 is 25.7 Å². The second kappa shape index (κ2) is 9.08. The number of piperazine rings is 1. The van der Waals surface area contributed by atoms with Crippen LogP contribution in [0, 0.1) is 0 Å². The van der Waals surface area contributed by atoms with Gasteiger partial charge in [0.25, 0.3) is 0 Å². The first-order chi connectivity index (χ1) is 11.7. The quantitative estimate of drug-likeness (QED) is 0.704. The number of ether oxygens (including phenoxy) is 3. The molecule has 1 aromatic rings. The zero-order valence-electron chi connectivity index (χ0n) is 15.0. The van der Waals surface area contributed by atoms with Crippen LogP contribution < -0.4 is 25.7 Å². The fourth-order valence-corrected chi connectivity index (χ4v) is 3.31. The van der Waals surface area contributed by atoms with Crippen LogP contribution in [0.15, 0.2) is 12.1 Å². The monoisotopic (exact) mass is 338 g/mol. The highest BCUT2D eigenvalue weighted by molar-refractivity contribution is 5.54. The van der Waals surface area contributed by atoms with E-state index in [-0.39, 0.29) is 6.04 Å². The van der Waals surface area contributed by atoms with E-state index in [0.29, 0.717) is 30.3 Å². The first kappa shape index (κ1) is 18.8. The molecule has 1 aliphatic rings. The van der Waals surface area contributed by atoms with E-state index in [1.54, 1.807) is 21.3 Å². The molecule has 0 saturated carbocycles. The van der Waals surface area contributed by atoms with E-state index in [2.05, 4.69) is 9.80 Å². The molecule has 0 radical (unpaired) electrons. The molecule has 1 aromatic carbocycles. The maximum Gasteiger partial charge on any atom is 0.203 e. The zero-order chi connectivity index (χ0) is 17.5. The van der Waals surface area contributed by atoms with Crippen LogP contribution >= 0.6 is 0 Å². The second-order valence-electron chi connectivity index (χ2n) is 5.89. The van der Waals surface area contributed by atoms with Gasteiger partial charge in [-0.2, -0.15) is 0 Å². The van der Waals surface area contributed by atoms with Crippen molar-refractivity contribution in [3.05, 3.63) is 17.7 Å².